The molecule has 17 heavy (non-hydrogen) atoms. The number of ether oxygens (including phenoxy) is 1. The Bertz CT molecular complexity index is 348. The third-order valence-corrected chi connectivity index (χ3v) is 2.61. The minimum Gasteiger partial charge on any atom is -0.444 e. The van der Waals surface area contributed by atoms with Gasteiger partial charge in [0, 0.05) is 13.6 Å². The fourth-order valence-corrected chi connectivity index (χ4v) is 1.60. The molecule has 0 fully saturated rings. The van der Waals surface area contributed by atoms with Crippen LogP contribution in [0.25, 0.3) is 0 Å². The monoisotopic (exact) mass is 269 g/mol. The molecule has 0 bridgehead atoms. The summed E-state index contributed by atoms with van der Waals surface area (Å²) >= 11 is 0. The molecule has 0 unspecified atom stereocenters. The van der Waals surface area contributed by atoms with Crippen LogP contribution in [-0.2, 0) is 15.0 Å². The highest BCUT2D eigenvalue weighted by molar-refractivity contribution is 7.86. The highest BCUT2D eigenvalue weighted by Gasteiger charge is 2.19. The number of amides is 1. The molecule has 0 aromatic heterocycles. The van der Waals surface area contributed by atoms with E-state index >= 15 is 0 Å². The molecular formula is C10H20FNO4S. The van der Waals surface area contributed by atoms with Crippen molar-refractivity contribution in [1.29, 1.82) is 0 Å². The fraction of sp³-hybridized carbons (Fsp3) is 0.900. The van der Waals surface area contributed by atoms with E-state index in [2.05, 4.69) is 0 Å². The molecule has 0 aromatic rings. The molecule has 0 spiro atoms. The molecule has 0 aliphatic carbocycles. The second-order valence-electron chi connectivity index (χ2n) is 4.85. The van der Waals surface area contributed by atoms with Crippen LogP contribution in [0.3, 0.4) is 0 Å². The van der Waals surface area contributed by atoms with Crippen LogP contribution < -0.4 is 0 Å². The number of carbonyl (C=O) groups is 1. The first kappa shape index (κ1) is 16.1. The van der Waals surface area contributed by atoms with Crippen LogP contribution in [0.2, 0.25) is 0 Å². The number of nitrogens with zero attached hydrogens (tertiary/aromatic N) is 1. The van der Waals surface area contributed by atoms with E-state index in [-0.39, 0.29) is 6.42 Å². The maximum absolute atomic E-state index is 12.2. The smallest absolute Gasteiger partial charge is 0.410 e. The molecule has 0 saturated heterocycles. The van der Waals surface area contributed by atoms with E-state index in [4.69, 9.17) is 4.74 Å². The Kier molecular flexibility index (Phi) is 5.87. The van der Waals surface area contributed by atoms with Crippen LogP contribution >= 0.6 is 0 Å². The normalized spacial score (nSPS) is 12.3. The topological polar surface area (TPSA) is 63.7 Å². The Balaban J connectivity index is 3.87. The predicted octanol–water partition coefficient (Wildman–Crippen LogP) is 1.93. The summed E-state index contributed by atoms with van der Waals surface area (Å²) < 4.78 is 37.7. The Hall–Kier alpha value is -0.850. The SMILES string of the molecule is CN(CCCCS(=O)(=O)F)C(=O)OC(C)(C)C. The highest BCUT2D eigenvalue weighted by atomic mass is 32.3. The Morgan fingerprint density at radius 3 is 2.24 bits per heavy atom. The van der Waals surface area contributed by atoms with Crippen molar-refractivity contribution in [3.05, 3.63) is 0 Å². The maximum Gasteiger partial charge on any atom is 0.410 e. The highest BCUT2D eigenvalue weighted by Crippen LogP contribution is 2.09. The van der Waals surface area contributed by atoms with Crippen molar-refractivity contribution >= 4 is 16.3 Å². The summed E-state index contributed by atoms with van der Waals surface area (Å²) in [6, 6.07) is 0. The van der Waals surface area contributed by atoms with Gasteiger partial charge >= 0.3 is 16.3 Å². The van der Waals surface area contributed by atoms with Gasteiger partial charge in [-0.05, 0) is 33.6 Å². The van der Waals surface area contributed by atoms with Gasteiger partial charge in [-0.1, -0.05) is 0 Å². The zero-order chi connectivity index (χ0) is 13.7. The number of rotatable bonds is 5. The van der Waals surface area contributed by atoms with Gasteiger partial charge in [0.05, 0.1) is 5.75 Å². The van der Waals surface area contributed by atoms with Crippen LogP contribution in [0.1, 0.15) is 33.6 Å². The molecule has 0 atom stereocenters. The molecule has 7 heteroatoms. The summed E-state index contributed by atoms with van der Waals surface area (Å²) in [5.41, 5.74) is -0.562. The molecule has 0 rings (SSSR count). The van der Waals surface area contributed by atoms with E-state index in [0.717, 1.165) is 0 Å². The second-order valence-corrected chi connectivity index (χ2v) is 6.34. The van der Waals surface area contributed by atoms with Gasteiger partial charge in [-0.2, -0.15) is 8.42 Å². The van der Waals surface area contributed by atoms with Gasteiger partial charge in [-0.25, -0.2) is 4.79 Å². The average molecular weight is 269 g/mol. The quantitative estimate of drug-likeness (QED) is 0.565. The average Bonchev–Trinajstić information content (AvgIpc) is 2.07. The number of carbonyl (C=O) groups excluding carboxylic acids is 1. The minimum absolute atomic E-state index is 0.186. The van der Waals surface area contributed by atoms with Crippen molar-refractivity contribution in [2.45, 2.75) is 39.2 Å². The molecule has 0 aliphatic heterocycles. The lowest BCUT2D eigenvalue weighted by molar-refractivity contribution is 0.0297. The fourth-order valence-electron chi connectivity index (χ4n) is 1.05. The lowest BCUT2D eigenvalue weighted by Gasteiger charge is -2.24. The van der Waals surface area contributed by atoms with E-state index in [9.17, 15) is 17.1 Å². The first-order valence-electron chi connectivity index (χ1n) is 5.38. The molecule has 0 N–H and O–H groups in total. The Labute approximate surface area is 102 Å². The van der Waals surface area contributed by atoms with Crippen molar-refractivity contribution in [2.24, 2.45) is 0 Å². The van der Waals surface area contributed by atoms with Gasteiger partial charge in [0.15, 0.2) is 0 Å². The minimum atomic E-state index is -4.41. The summed E-state index contributed by atoms with van der Waals surface area (Å²) in [5, 5.41) is 0. The maximum atomic E-state index is 12.2. The van der Waals surface area contributed by atoms with Gasteiger partial charge in [0.1, 0.15) is 5.60 Å². The lowest BCUT2D eigenvalue weighted by atomic mass is 10.2. The molecule has 1 amide bonds. The van der Waals surface area contributed by atoms with Crippen molar-refractivity contribution < 1.29 is 21.8 Å². The van der Waals surface area contributed by atoms with E-state index < -0.39 is 27.7 Å². The summed E-state index contributed by atoms with van der Waals surface area (Å²) in [7, 11) is -2.85. The zero-order valence-electron chi connectivity index (χ0n) is 10.7. The first-order chi connectivity index (χ1) is 7.51. The van der Waals surface area contributed by atoms with E-state index in [1.807, 2.05) is 0 Å². The molecular weight excluding hydrogens is 249 g/mol. The van der Waals surface area contributed by atoms with Crippen LogP contribution in [0.5, 0.6) is 0 Å². The summed E-state index contributed by atoms with van der Waals surface area (Å²) in [4.78, 5) is 12.8. The second kappa shape index (κ2) is 6.18. The molecule has 5 nitrogen and oxygen atoms in total. The largest absolute Gasteiger partial charge is 0.444 e. The molecule has 0 saturated carbocycles. The summed E-state index contributed by atoms with van der Waals surface area (Å²) in [5.74, 6) is -0.505. The van der Waals surface area contributed by atoms with Crippen molar-refractivity contribution in [3.8, 4) is 0 Å². The van der Waals surface area contributed by atoms with Crippen molar-refractivity contribution in [1.82, 2.24) is 4.90 Å². The third-order valence-electron chi connectivity index (χ3n) is 1.84. The molecule has 0 aliphatic rings. The number of hydrogen-bond acceptors (Lipinski definition) is 4. The first-order valence-corrected chi connectivity index (χ1v) is 6.93. The number of halogens is 1. The predicted molar refractivity (Wildman–Crippen MR) is 63.0 cm³/mol. The van der Waals surface area contributed by atoms with Gasteiger partial charge in [0.25, 0.3) is 0 Å². The van der Waals surface area contributed by atoms with E-state index in [1.165, 1.54) is 4.90 Å². The van der Waals surface area contributed by atoms with Gasteiger partial charge < -0.3 is 9.64 Å². The van der Waals surface area contributed by atoms with Gasteiger partial charge in [-0.15, -0.1) is 3.89 Å². The Morgan fingerprint density at radius 2 is 1.82 bits per heavy atom. The number of unbranched alkanes of at least 4 members (excludes halogenated alkanes) is 1. The van der Waals surface area contributed by atoms with Crippen molar-refractivity contribution in [3.63, 3.8) is 0 Å². The lowest BCUT2D eigenvalue weighted by Crippen LogP contribution is -2.34. The standard InChI is InChI=1S/C10H20FNO4S/c1-10(2,3)16-9(13)12(4)7-5-6-8-17(11,14)15/h5-8H2,1-4H3. The molecule has 0 heterocycles. The van der Waals surface area contributed by atoms with Crippen LogP contribution in [0.4, 0.5) is 8.68 Å². The van der Waals surface area contributed by atoms with Gasteiger partial charge in [0.2, 0.25) is 0 Å². The Morgan fingerprint density at radius 1 is 1.29 bits per heavy atom. The molecule has 0 radical (unpaired) electrons. The zero-order valence-corrected chi connectivity index (χ0v) is 11.5. The van der Waals surface area contributed by atoms with Crippen molar-refractivity contribution in [2.75, 3.05) is 19.3 Å². The van der Waals surface area contributed by atoms with Crippen LogP contribution in [0, 0.1) is 0 Å². The summed E-state index contributed by atoms with van der Waals surface area (Å²) in [6.07, 6.45) is 0.130. The molecule has 0 aromatic carbocycles. The summed E-state index contributed by atoms with van der Waals surface area (Å²) in [6.45, 7) is 5.61. The van der Waals surface area contributed by atoms with Crippen LogP contribution in [-0.4, -0.2) is 44.4 Å². The van der Waals surface area contributed by atoms with E-state index in [1.54, 1.807) is 27.8 Å². The van der Waals surface area contributed by atoms with Gasteiger partial charge in [-0.3, -0.25) is 0 Å². The van der Waals surface area contributed by atoms with E-state index in [0.29, 0.717) is 13.0 Å². The molecule has 102 valence electrons. The third kappa shape index (κ3) is 10.0. The van der Waals surface area contributed by atoms with Crippen LogP contribution in [0.15, 0.2) is 0 Å². The number of hydrogen-bond donors (Lipinski definition) is 0.